The molecular formula is C21H20ClN3O3. The van der Waals surface area contributed by atoms with E-state index in [4.69, 9.17) is 16.3 Å². The molecule has 0 radical (unpaired) electrons. The van der Waals surface area contributed by atoms with E-state index in [1.54, 1.807) is 53.3 Å². The van der Waals surface area contributed by atoms with Gasteiger partial charge in [-0.05, 0) is 68.8 Å². The van der Waals surface area contributed by atoms with Crippen LogP contribution in [0.25, 0.3) is 5.69 Å². The van der Waals surface area contributed by atoms with Crippen molar-refractivity contribution < 1.29 is 14.3 Å². The van der Waals surface area contributed by atoms with Gasteiger partial charge in [0.15, 0.2) is 6.10 Å². The molecule has 1 aromatic heterocycles. The second kappa shape index (κ2) is 8.27. The Bertz CT molecular complexity index is 1010. The minimum atomic E-state index is -0.959. The van der Waals surface area contributed by atoms with Crippen LogP contribution in [0, 0.1) is 13.8 Å². The molecule has 3 rings (SSSR count). The second-order valence-corrected chi connectivity index (χ2v) is 6.86. The predicted molar refractivity (Wildman–Crippen MR) is 108 cm³/mol. The molecule has 2 aromatic carbocycles. The molecule has 144 valence electrons. The zero-order valence-electron chi connectivity index (χ0n) is 15.8. The van der Waals surface area contributed by atoms with Crippen LogP contribution >= 0.6 is 11.6 Å². The number of nitrogens with one attached hydrogen (secondary N) is 1. The SMILES string of the molecule is Cc1ccc(Cl)cc1NC(=O)C(C)OC(=O)c1ccc(-n2nccc2C)cc1. The van der Waals surface area contributed by atoms with Crippen LogP contribution in [0.15, 0.2) is 54.7 Å². The standard InChI is InChI=1S/C21H20ClN3O3/c1-13-4-7-17(22)12-19(13)24-20(26)15(3)28-21(27)16-5-8-18(9-6-16)25-14(2)10-11-23-25/h4-12,15H,1-3H3,(H,24,26). The molecule has 1 unspecified atom stereocenters. The van der Waals surface area contributed by atoms with Crippen molar-refractivity contribution >= 4 is 29.2 Å². The quantitative estimate of drug-likeness (QED) is 0.650. The molecule has 1 atom stereocenters. The van der Waals surface area contributed by atoms with E-state index >= 15 is 0 Å². The molecule has 0 aliphatic carbocycles. The van der Waals surface area contributed by atoms with Crippen molar-refractivity contribution in [2.75, 3.05) is 5.32 Å². The summed E-state index contributed by atoms with van der Waals surface area (Å²) in [5.41, 5.74) is 3.62. The highest BCUT2D eigenvalue weighted by Gasteiger charge is 2.20. The van der Waals surface area contributed by atoms with Gasteiger partial charge >= 0.3 is 5.97 Å². The van der Waals surface area contributed by atoms with Crippen LogP contribution < -0.4 is 5.32 Å². The molecule has 0 aliphatic rings. The lowest BCUT2D eigenvalue weighted by Gasteiger charge is -2.15. The third kappa shape index (κ3) is 4.40. The number of rotatable bonds is 5. The normalized spacial score (nSPS) is 11.7. The minimum absolute atomic E-state index is 0.354. The van der Waals surface area contributed by atoms with Crippen LogP contribution in [0.1, 0.15) is 28.5 Å². The topological polar surface area (TPSA) is 73.2 Å². The Morgan fingerprint density at radius 1 is 1.11 bits per heavy atom. The molecule has 28 heavy (non-hydrogen) atoms. The summed E-state index contributed by atoms with van der Waals surface area (Å²) in [6.45, 7) is 5.32. The number of hydrogen-bond acceptors (Lipinski definition) is 4. The van der Waals surface area contributed by atoms with Gasteiger partial charge in [-0.25, -0.2) is 9.48 Å². The van der Waals surface area contributed by atoms with E-state index in [2.05, 4.69) is 10.4 Å². The number of ether oxygens (including phenoxy) is 1. The Morgan fingerprint density at radius 3 is 2.46 bits per heavy atom. The maximum atomic E-state index is 12.4. The Labute approximate surface area is 168 Å². The van der Waals surface area contributed by atoms with Crippen LogP contribution in [-0.4, -0.2) is 27.8 Å². The first-order chi connectivity index (χ1) is 13.3. The number of esters is 1. The Kier molecular flexibility index (Phi) is 5.80. The highest BCUT2D eigenvalue weighted by Crippen LogP contribution is 2.20. The lowest BCUT2D eigenvalue weighted by molar-refractivity contribution is -0.123. The van der Waals surface area contributed by atoms with E-state index in [-0.39, 0.29) is 0 Å². The van der Waals surface area contributed by atoms with Crippen LogP contribution in [0.3, 0.4) is 0 Å². The van der Waals surface area contributed by atoms with Crippen molar-refractivity contribution in [3.8, 4) is 5.69 Å². The van der Waals surface area contributed by atoms with Crippen molar-refractivity contribution in [3.05, 3.63) is 76.6 Å². The smallest absolute Gasteiger partial charge is 0.338 e. The predicted octanol–water partition coefficient (Wildman–Crippen LogP) is 4.33. The molecule has 0 saturated carbocycles. The number of anilines is 1. The first kappa shape index (κ1) is 19.6. The zero-order chi connectivity index (χ0) is 20.3. The molecule has 3 aromatic rings. The maximum Gasteiger partial charge on any atom is 0.338 e. The summed E-state index contributed by atoms with van der Waals surface area (Å²) in [5, 5.41) is 7.46. The number of amides is 1. The third-order valence-electron chi connectivity index (χ3n) is 4.29. The summed E-state index contributed by atoms with van der Waals surface area (Å²) in [5.74, 6) is -1.00. The van der Waals surface area contributed by atoms with E-state index in [0.29, 0.717) is 16.3 Å². The van der Waals surface area contributed by atoms with Gasteiger partial charge in [0, 0.05) is 22.6 Å². The molecular weight excluding hydrogens is 378 g/mol. The molecule has 1 heterocycles. The van der Waals surface area contributed by atoms with Crippen molar-refractivity contribution in [3.63, 3.8) is 0 Å². The number of aromatic nitrogens is 2. The summed E-state index contributed by atoms with van der Waals surface area (Å²) < 4.78 is 7.05. The van der Waals surface area contributed by atoms with E-state index in [1.807, 2.05) is 19.9 Å². The molecule has 6 nitrogen and oxygen atoms in total. The highest BCUT2D eigenvalue weighted by molar-refractivity contribution is 6.31. The number of carbonyl (C=O) groups is 2. The summed E-state index contributed by atoms with van der Waals surface area (Å²) >= 11 is 5.96. The van der Waals surface area contributed by atoms with Gasteiger partial charge < -0.3 is 10.1 Å². The number of aryl methyl sites for hydroxylation is 2. The average molecular weight is 398 g/mol. The second-order valence-electron chi connectivity index (χ2n) is 6.43. The van der Waals surface area contributed by atoms with E-state index in [9.17, 15) is 9.59 Å². The summed E-state index contributed by atoms with van der Waals surface area (Å²) in [6, 6.07) is 13.9. The maximum absolute atomic E-state index is 12.4. The van der Waals surface area contributed by atoms with Gasteiger partial charge in [-0.3, -0.25) is 4.79 Å². The van der Waals surface area contributed by atoms with Crippen LogP contribution in [0.2, 0.25) is 5.02 Å². The molecule has 1 N–H and O–H groups in total. The van der Waals surface area contributed by atoms with Gasteiger partial charge in [0.1, 0.15) is 0 Å². The van der Waals surface area contributed by atoms with E-state index < -0.39 is 18.0 Å². The lowest BCUT2D eigenvalue weighted by Crippen LogP contribution is -2.30. The number of carbonyl (C=O) groups excluding carboxylic acids is 2. The first-order valence-electron chi connectivity index (χ1n) is 8.74. The van der Waals surface area contributed by atoms with Gasteiger partial charge in [0.2, 0.25) is 0 Å². The Morgan fingerprint density at radius 2 is 1.82 bits per heavy atom. The van der Waals surface area contributed by atoms with Gasteiger partial charge in [-0.2, -0.15) is 5.10 Å². The van der Waals surface area contributed by atoms with Crippen molar-refractivity contribution in [2.24, 2.45) is 0 Å². The van der Waals surface area contributed by atoms with Crippen LogP contribution in [0.5, 0.6) is 0 Å². The molecule has 0 saturated heterocycles. The Hall–Kier alpha value is -3.12. The number of hydrogen-bond donors (Lipinski definition) is 1. The van der Waals surface area contributed by atoms with Gasteiger partial charge in [0.25, 0.3) is 5.91 Å². The zero-order valence-corrected chi connectivity index (χ0v) is 16.5. The number of nitrogens with zero attached hydrogens (tertiary/aromatic N) is 2. The van der Waals surface area contributed by atoms with E-state index in [0.717, 1.165) is 16.9 Å². The van der Waals surface area contributed by atoms with Crippen LogP contribution in [-0.2, 0) is 9.53 Å². The van der Waals surface area contributed by atoms with E-state index in [1.165, 1.54) is 6.92 Å². The Balaban J connectivity index is 1.64. The van der Waals surface area contributed by atoms with Crippen LogP contribution in [0.4, 0.5) is 5.69 Å². The summed E-state index contributed by atoms with van der Waals surface area (Å²) in [6.07, 6.45) is 0.748. The fraction of sp³-hybridized carbons (Fsp3) is 0.190. The van der Waals surface area contributed by atoms with Gasteiger partial charge in [-0.1, -0.05) is 17.7 Å². The summed E-state index contributed by atoms with van der Waals surface area (Å²) in [7, 11) is 0. The van der Waals surface area contributed by atoms with Gasteiger partial charge in [-0.15, -0.1) is 0 Å². The van der Waals surface area contributed by atoms with Crippen molar-refractivity contribution in [1.82, 2.24) is 9.78 Å². The third-order valence-corrected chi connectivity index (χ3v) is 4.53. The molecule has 0 fully saturated rings. The molecule has 1 amide bonds. The first-order valence-corrected chi connectivity index (χ1v) is 9.12. The molecule has 7 heteroatoms. The van der Waals surface area contributed by atoms with Crippen molar-refractivity contribution in [2.45, 2.75) is 26.9 Å². The minimum Gasteiger partial charge on any atom is -0.449 e. The fourth-order valence-corrected chi connectivity index (χ4v) is 2.80. The number of halogens is 1. The molecule has 0 spiro atoms. The monoisotopic (exact) mass is 397 g/mol. The highest BCUT2D eigenvalue weighted by atomic mass is 35.5. The summed E-state index contributed by atoms with van der Waals surface area (Å²) in [4.78, 5) is 24.7. The lowest BCUT2D eigenvalue weighted by atomic mass is 10.2. The largest absolute Gasteiger partial charge is 0.449 e. The average Bonchev–Trinajstić information content (AvgIpc) is 3.10. The van der Waals surface area contributed by atoms with Gasteiger partial charge in [0.05, 0.1) is 11.3 Å². The fourth-order valence-electron chi connectivity index (χ4n) is 2.62. The molecule has 0 aliphatic heterocycles. The van der Waals surface area contributed by atoms with Crippen molar-refractivity contribution in [1.29, 1.82) is 0 Å². The number of benzene rings is 2. The molecule has 0 bridgehead atoms.